The Morgan fingerprint density at radius 3 is 2.09 bits per heavy atom. The van der Waals surface area contributed by atoms with E-state index in [0.717, 1.165) is 17.0 Å². The third kappa shape index (κ3) is 7.08. The number of alkyl halides is 7. The van der Waals surface area contributed by atoms with Crippen molar-refractivity contribution in [2.24, 2.45) is 0 Å². The predicted octanol–water partition coefficient (Wildman–Crippen LogP) is 6.66. The van der Waals surface area contributed by atoms with Crippen molar-refractivity contribution in [3.63, 3.8) is 0 Å². The molecule has 0 aliphatic carbocycles. The molecule has 0 spiro atoms. The molecular formula is C24H19F8NO2. The number of aliphatic hydroxyl groups is 1. The van der Waals surface area contributed by atoms with Crippen molar-refractivity contribution in [1.29, 1.82) is 0 Å². The highest BCUT2D eigenvalue weighted by Crippen LogP contribution is 2.31. The minimum Gasteiger partial charge on any atom is -0.428 e. The average Bonchev–Trinajstić information content (AvgIpc) is 2.78. The van der Waals surface area contributed by atoms with Gasteiger partial charge in [0, 0.05) is 12.2 Å². The molecule has 0 bridgehead atoms. The molecule has 0 fully saturated rings. The van der Waals surface area contributed by atoms with Crippen molar-refractivity contribution >= 4 is 5.69 Å². The van der Waals surface area contributed by atoms with E-state index in [1.807, 2.05) is 0 Å². The fourth-order valence-corrected chi connectivity index (χ4v) is 3.25. The number of nitrogens with zero attached hydrogens (tertiary/aromatic N) is 1. The Balaban J connectivity index is 1.93. The van der Waals surface area contributed by atoms with Gasteiger partial charge in [-0.2, -0.15) is 30.7 Å². The van der Waals surface area contributed by atoms with Crippen molar-refractivity contribution in [1.82, 2.24) is 0 Å². The summed E-state index contributed by atoms with van der Waals surface area (Å²) in [5.41, 5.74) is 1.28. The summed E-state index contributed by atoms with van der Waals surface area (Å²) in [6.45, 7) is -1.24. The van der Waals surface area contributed by atoms with E-state index in [-0.39, 0.29) is 17.8 Å². The molecule has 0 radical (unpaired) electrons. The number of ether oxygens (including phenoxy) is 1. The molecule has 3 rings (SSSR count). The Morgan fingerprint density at radius 2 is 1.46 bits per heavy atom. The van der Waals surface area contributed by atoms with Gasteiger partial charge in [-0.15, -0.1) is 0 Å². The monoisotopic (exact) mass is 505 g/mol. The van der Waals surface area contributed by atoms with Gasteiger partial charge in [0.15, 0.2) is 6.10 Å². The first-order chi connectivity index (χ1) is 16.3. The minimum absolute atomic E-state index is 0.151. The van der Waals surface area contributed by atoms with Crippen molar-refractivity contribution in [2.75, 3.05) is 11.4 Å². The molecule has 1 unspecified atom stereocenters. The van der Waals surface area contributed by atoms with Crippen LogP contribution in [0.5, 0.6) is 5.75 Å². The van der Waals surface area contributed by atoms with Crippen LogP contribution in [0.25, 0.3) is 11.1 Å². The van der Waals surface area contributed by atoms with Gasteiger partial charge in [0.2, 0.25) is 0 Å². The van der Waals surface area contributed by atoms with Gasteiger partial charge in [-0.1, -0.05) is 36.4 Å². The van der Waals surface area contributed by atoms with Gasteiger partial charge < -0.3 is 14.7 Å². The average molecular weight is 505 g/mol. The number of hydrogen-bond acceptors (Lipinski definition) is 3. The van der Waals surface area contributed by atoms with Crippen LogP contribution in [-0.4, -0.2) is 36.5 Å². The van der Waals surface area contributed by atoms with E-state index >= 15 is 0 Å². The second kappa shape index (κ2) is 10.5. The quantitative estimate of drug-likeness (QED) is 0.330. The van der Waals surface area contributed by atoms with E-state index in [4.69, 9.17) is 0 Å². The number of aliphatic hydroxyl groups excluding tert-OH is 1. The van der Waals surface area contributed by atoms with Crippen LogP contribution in [0.3, 0.4) is 0 Å². The molecule has 1 N–H and O–H groups in total. The fourth-order valence-electron chi connectivity index (χ4n) is 3.25. The zero-order valence-electron chi connectivity index (χ0n) is 17.8. The second-order valence-electron chi connectivity index (χ2n) is 7.61. The summed E-state index contributed by atoms with van der Waals surface area (Å²) in [5, 5.41) is 9.66. The van der Waals surface area contributed by atoms with Crippen LogP contribution in [0.15, 0.2) is 72.8 Å². The summed E-state index contributed by atoms with van der Waals surface area (Å²) in [7, 11) is 0. The van der Waals surface area contributed by atoms with Crippen LogP contribution >= 0.6 is 0 Å². The Bertz CT molecular complexity index is 1140. The van der Waals surface area contributed by atoms with Gasteiger partial charge in [0.1, 0.15) is 11.6 Å². The third-order valence-corrected chi connectivity index (χ3v) is 4.92. The fraction of sp³-hybridized carbons (Fsp3) is 0.250. The smallest absolute Gasteiger partial charge is 0.428 e. The van der Waals surface area contributed by atoms with Gasteiger partial charge in [0.05, 0.1) is 6.54 Å². The maximum Gasteiger partial charge on any atom is 0.461 e. The Kier molecular flexibility index (Phi) is 7.89. The summed E-state index contributed by atoms with van der Waals surface area (Å²) in [5.74, 6) is -1.13. The number of benzene rings is 3. The highest BCUT2D eigenvalue weighted by atomic mass is 19.4. The van der Waals surface area contributed by atoms with Gasteiger partial charge >= 0.3 is 18.7 Å². The third-order valence-electron chi connectivity index (χ3n) is 4.92. The van der Waals surface area contributed by atoms with Crippen LogP contribution in [0.2, 0.25) is 0 Å². The van der Waals surface area contributed by atoms with Crippen LogP contribution < -0.4 is 9.64 Å². The first-order valence-corrected chi connectivity index (χ1v) is 10.1. The Hall–Kier alpha value is -3.34. The van der Waals surface area contributed by atoms with Crippen LogP contribution in [0.4, 0.5) is 40.8 Å². The molecule has 35 heavy (non-hydrogen) atoms. The molecule has 1 atom stereocenters. The molecule has 0 heterocycles. The molecule has 3 aromatic carbocycles. The summed E-state index contributed by atoms with van der Waals surface area (Å²) >= 11 is 0. The highest BCUT2D eigenvalue weighted by Gasteiger charge is 2.44. The van der Waals surface area contributed by atoms with E-state index in [9.17, 15) is 40.2 Å². The maximum absolute atomic E-state index is 13.6. The molecule has 0 saturated heterocycles. The zero-order valence-corrected chi connectivity index (χ0v) is 17.8. The van der Waals surface area contributed by atoms with Crippen molar-refractivity contribution in [3.8, 4) is 16.9 Å². The number of anilines is 1. The molecular weight excluding hydrogens is 486 g/mol. The largest absolute Gasteiger partial charge is 0.461 e. The lowest BCUT2D eigenvalue weighted by molar-refractivity contribution is -0.253. The first-order valence-electron chi connectivity index (χ1n) is 10.1. The van der Waals surface area contributed by atoms with Crippen molar-refractivity contribution in [2.45, 2.75) is 31.4 Å². The van der Waals surface area contributed by atoms with Crippen molar-refractivity contribution in [3.05, 3.63) is 84.2 Å². The van der Waals surface area contributed by atoms with Gasteiger partial charge in [0.25, 0.3) is 0 Å². The van der Waals surface area contributed by atoms with Gasteiger partial charge in [-0.05, 0) is 53.1 Å². The van der Waals surface area contributed by atoms with Crippen LogP contribution in [0, 0.1) is 5.82 Å². The zero-order chi connectivity index (χ0) is 25.8. The summed E-state index contributed by atoms with van der Waals surface area (Å²) < 4.78 is 108. The number of rotatable bonds is 9. The minimum atomic E-state index is -4.94. The normalized spacial score (nSPS) is 13.1. The maximum atomic E-state index is 13.6. The molecule has 0 saturated carbocycles. The molecule has 3 aromatic rings. The summed E-state index contributed by atoms with van der Waals surface area (Å²) in [6, 6.07) is 16.2. The van der Waals surface area contributed by atoms with E-state index in [1.165, 1.54) is 48.5 Å². The second-order valence-corrected chi connectivity index (χ2v) is 7.61. The summed E-state index contributed by atoms with van der Waals surface area (Å²) in [4.78, 5) is 1.13. The van der Waals surface area contributed by atoms with E-state index in [1.54, 1.807) is 12.1 Å². The molecule has 0 aliphatic rings. The van der Waals surface area contributed by atoms with E-state index in [2.05, 4.69) is 4.74 Å². The lowest BCUT2D eigenvalue weighted by Crippen LogP contribution is -2.41. The highest BCUT2D eigenvalue weighted by molar-refractivity contribution is 5.68. The van der Waals surface area contributed by atoms with E-state index < -0.39 is 42.9 Å². The topological polar surface area (TPSA) is 32.7 Å². The predicted molar refractivity (Wildman–Crippen MR) is 113 cm³/mol. The molecule has 188 valence electrons. The Morgan fingerprint density at radius 1 is 0.829 bits per heavy atom. The summed E-state index contributed by atoms with van der Waals surface area (Å²) in [6.07, 6.45) is -16.5. The van der Waals surface area contributed by atoms with Crippen LogP contribution in [0.1, 0.15) is 5.56 Å². The number of hydrogen-bond donors (Lipinski definition) is 1. The number of halogens is 8. The molecule has 0 aliphatic heterocycles. The molecule has 0 amide bonds. The lowest BCUT2D eigenvalue weighted by Gasteiger charge is -2.29. The van der Waals surface area contributed by atoms with Gasteiger partial charge in [-0.3, -0.25) is 0 Å². The van der Waals surface area contributed by atoms with E-state index in [0.29, 0.717) is 11.1 Å². The SMILES string of the molecule is OC(CN(Cc1cccc(OC(F)(F)C(F)F)c1)c1cccc(-c2cccc(F)c2)c1)C(F)(F)F. The van der Waals surface area contributed by atoms with Crippen LogP contribution in [-0.2, 0) is 6.54 Å². The standard InChI is InChI=1S/C24H19F8NO2/c25-18-7-2-5-16(11-18)17-6-3-8-19(12-17)33(14-21(34)23(28,29)30)13-15-4-1-9-20(10-15)35-24(31,32)22(26)27/h1-12,21-22,34H,13-14H2. The van der Waals surface area contributed by atoms with Gasteiger partial charge in [-0.25, -0.2) is 4.39 Å². The molecule has 11 heteroatoms. The Labute approximate surface area is 195 Å². The first kappa shape index (κ1) is 26.3. The molecule has 0 aromatic heterocycles. The molecule has 3 nitrogen and oxygen atoms in total. The van der Waals surface area contributed by atoms with Crippen molar-refractivity contribution < 1.29 is 45.0 Å². The lowest BCUT2D eigenvalue weighted by atomic mass is 10.0.